The molecule has 56 heavy (non-hydrogen) atoms. The Kier molecular flexibility index (Phi) is 10.9. The van der Waals surface area contributed by atoms with Crippen LogP contribution >= 0.6 is 11.3 Å². The van der Waals surface area contributed by atoms with E-state index in [2.05, 4.69) is 160 Å². The fourth-order valence-electron chi connectivity index (χ4n) is 7.06. The molecule has 0 amide bonds. The van der Waals surface area contributed by atoms with Crippen molar-refractivity contribution in [2.45, 2.75) is 6.92 Å². The number of rotatable bonds is 6. The summed E-state index contributed by atoms with van der Waals surface area (Å²) in [4.78, 5) is 13.7. The predicted octanol–water partition coefficient (Wildman–Crippen LogP) is 13.0. The molecule has 0 fully saturated rings. The average molecular weight is 915 g/mol. The Bertz CT molecular complexity index is 2760. The normalized spacial score (nSPS) is 10.8. The summed E-state index contributed by atoms with van der Waals surface area (Å²) in [6.07, 6.45) is 5.47. The third-order valence-electron chi connectivity index (χ3n) is 9.61. The molecule has 0 atom stereocenters. The molecule has 10 rings (SSSR count). The Morgan fingerprint density at radius 3 is 1.95 bits per heavy atom. The molecule has 4 aromatic heterocycles. The first-order valence-electron chi connectivity index (χ1n) is 18.2. The van der Waals surface area contributed by atoms with Gasteiger partial charge in [0.05, 0.1) is 22.5 Å². The van der Waals surface area contributed by atoms with E-state index in [0.29, 0.717) is 0 Å². The van der Waals surface area contributed by atoms with E-state index < -0.39 is 0 Å². The number of imidazole rings is 1. The van der Waals surface area contributed by atoms with Gasteiger partial charge in [-0.2, -0.15) is 0 Å². The van der Waals surface area contributed by atoms with Crippen molar-refractivity contribution in [2.24, 2.45) is 0 Å². The first kappa shape index (κ1) is 36.7. The number of hydrogen-bond acceptors (Lipinski definition) is 4. The molecule has 0 saturated carbocycles. The Hall–Kier alpha value is -6.30. The van der Waals surface area contributed by atoms with Gasteiger partial charge in [-0.25, -0.2) is 0 Å². The zero-order chi connectivity index (χ0) is 37.0. The van der Waals surface area contributed by atoms with E-state index in [4.69, 9.17) is 4.98 Å². The van der Waals surface area contributed by atoms with Crippen LogP contribution in [0.5, 0.6) is 0 Å². The van der Waals surface area contributed by atoms with Gasteiger partial charge in [-0.05, 0) is 82.9 Å². The zero-order valence-corrected chi connectivity index (χ0v) is 33.6. The van der Waals surface area contributed by atoms with E-state index in [-0.39, 0.29) is 20.1 Å². The van der Waals surface area contributed by atoms with Gasteiger partial charge in [0.15, 0.2) is 0 Å². The van der Waals surface area contributed by atoms with E-state index in [1.54, 1.807) is 17.5 Å². The quantitative estimate of drug-likeness (QED) is 0.156. The Morgan fingerprint density at radius 2 is 1.27 bits per heavy atom. The molecule has 0 saturated heterocycles. The molecule has 0 N–H and O–H groups in total. The van der Waals surface area contributed by atoms with Crippen LogP contribution in [0.1, 0.15) is 5.56 Å². The minimum atomic E-state index is 0. The molecule has 0 aliphatic heterocycles. The Balaban J connectivity index is 0.000000290. The van der Waals surface area contributed by atoms with E-state index in [9.17, 15) is 0 Å². The number of pyridine rings is 2. The molecule has 0 aliphatic rings. The van der Waals surface area contributed by atoms with Gasteiger partial charge in [0, 0.05) is 49.8 Å². The molecule has 1 radical (unpaired) electrons. The predicted molar refractivity (Wildman–Crippen MR) is 228 cm³/mol. The molecule has 0 spiro atoms. The van der Waals surface area contributed by atoms with Crippen LogP contribution in [0.15, 0.2) is 188 Å². The molecular weight excluding hydrogens is 881 g/mol. The van der Waals surface area contributed by atoms with Crippen molar-refractivity contribution < 1.29 is 20.1 Å². The van der Waals surface area contributed by atoms with Crippen LogP contribution < -0.4 is 0 Å². The molecule has 4 nitrogen and oxygen atoms in total. The van der Waals surface area contributed by atoms with E-state index in [0.717, 1.165) is 55.9 Å². The number of fused-ring (bicyclic) bond motifs is 2. The molecule has 271 valence electrons. The zero-order valence-electron chi connectivity index (χ0n) is 30.4. The van der Waals surface area contributed by atoms with Gasteiger partial charge in [0.1, 0.15) is 0 Å². The first-order chi connectivity index (χ1) is 27.2. The number of benzene rings is 6. The molecule has 6 aromatic carbocycles. The standard InChI is InChI=1S/C39H26N3S.C11H8N.Ir/c1-26-22-31(28-10-4-2-5-11-28)38(32(23-26)29-12-6-3-7-13-29)42-36-15-9-8-14-35(36)41-39(42)34-25-43-37-17-16-30(24-33(34)37)27-18-20-40-21-19-27;1-2-6-10(7-3-1)11-8-4-5-9-12-11;/h2-24H,1H3;1-6,8-9H;/q2*-1;. The van der Waals surface area contributed by atoms with Crippen LogP contribution in [0, 0.1) is 18.4 Å². The van der Waals surface area contributed by atoms with Crippen molar-refractivity contribution in [1.82, 2.24) is 19.5 Å². The van der Waals surface area contributed by atoms with Crippen LogP contribution in [0.2, 0.25) is 0 Å². The van der Waals surface area contributed by atoms with Gasteiger partial charge in [-0.15, -0.1) is 41.3 Å². The van der Waals surface area contributed by atoms with Gasteiger partial charge >= 0.3 is 0 Å². The largest absolute Gasteiger partial charge is 0.332 e. The second-order valence-corrected chi connectivity index (χ2v) is 14.1. The van der Waals surface area contributed by atoms with E-state index in [1.165, 1.54) is 32.5 Å². The maximum Gasteiger partial charge on any atom is 0.0774 e. The molecular formula is C50H34IrN4S-2. The Labute approximate surface area is 344 Å². The number of aromatic nitrogens is 4. The van der Waals surface area contributed by atoms with Crippen molar-refractivity contribution in [3.63, 3.8) is 0 Å². The summed E-state index contributed by atoms with van der Waals surface area (Å²) in [5, 5.41) is 4.80. The minimum Gasteiger partial charge on any atom is -0.332 e. The summed E-state index contributed by atoms with van der Waals surface area (Å²) < 4.78 is 3.54. The molecule has 0 bridgehead atoms. The number of aryl methyl sites for hydroxylation is 1. The van der Waals surface area contributed by atoms with Gasteiger partial charge < -0.3 is 9.55 Å². The van der Waals surface area contributed by atoms with Gasteiger partial charge in [0.25, 0.3) is 0 Å². The molecule has 6 heteroatoms. The molecule has 10 aromatic rings. The summed E-state index contributed by atoms with van der Waals surface area (Å²) in [5.74, 6) is 0.887. The summed E-state index contributed by atoms with van der Waals surface area (Å²) in [6.45, 7) is 2.18. The third-order valence-corrected chi connectivity index (χ3v) is 10.5. The maximum absolute atomic E-state index is 5.30. The third kappa shape index (κ3) is 7.38. The maximum atomic E-state index is 5.30. The van der Waals surface area contributed by atoms with Crippen LogP contribution in [-0.2, 0) is 20.1 Å². The molecule has 4 heterocycles. The monoisotopic (exact) mass is 915 g/mol. The SMILES string of the molecule is Cc1cc(-c2ccccc2)c(-n2c(-c3[c-]sc4ccc(-c5ccncc5)cc34)nc3ccccc32)c(-c2ccccc2)c1.[Ir].[c-]1ccccc1-c1ccccn1. The van der Waals surface area contributed by atoms with Crippen molar-refractivity contribution in [1.29, 1.82) is 0 Å². The van der Waals surface area contributed by atoms with Gasteiger partial charge in [-0.1, -0.05) is 119 Å². The summed E-state index contributed by atoms with van der Waals surface area (Å²) in [6, 6.07) is 61.9. The van der Waals surface area contributed by atoms with Gasteiger partial charge in [-0.3, -0.25) is 21.3 Å². The molecule has 0 aliphatic carbocycles. The summed E-state index contributed by atoms with van der Waals surface area (Å²) in [7, 11) is 0. The number of thiophene rings is 1. The first-order valence-corrected chi connectivity index (χ1v) is 19.0. The minimum absolute atomic E-state index is 0. The Morgan fingerprint density at radius 1 is 0.589 bits per heavy atom. The van der Waals surface area contributed by atoms with Crippen LogP contribution in [0.4, 0.5) is 0 Å². The van der Waals surface area contributed by atoms with Crippen LogP contribution in [-0.4, -0.2) is 19.5 Å². The van der Waals surface area contributed by atoms with Crippen molar-refractivity contribution >= 4 is 32.5 Å². The van der Waals surface area contributed by atoms with Gasteiger partial charge in [0.2, 0.25) is 0 Å². The topological polar surface area (TPSA) is 43.6 Å². The summed E-state index contributed by atoms with van der Waals surface area (Å²) in [5.41, 5.74) is 14.3. The fraction of sp³-hybridized carbons (Fsp3) is 0.0200. The number of hydrogen-bond donors (Lipinski definition) is 0. The van der Waals surface area contributed by atoms with Crippen molar-refractivity contribution in [2.75, 3.05) is 0 Å². The van der Waals surface area contributed by atoms with E-state index >= 15 is 0 Å². The number of nitrogens with zero attached hydrogens (tertiary/aromatic N) is 4. The second kappa shape index (κ2) is 16.6. The smallest absolute Gasteiger partial charge is 0.0774 e. The van der Waals surface area contributed by atoms with Crippen molar-refractivity contribution in [3.05, 3.63) is 205 Å². The summed E-state index contributed by atoms with van der Waals surface area (Å²) >= 11 is 1.64. The van der Waals surface area contributed by atoms with Crippen LogP contribution in [0.25, 0.3) is 82.8 Å². The molecule has 0 unspecified atom stereocenters. The van der Waals surface area contributed by atoms with E-state index in [1.807, 2.05) is 54.9 Å². The average Bonchev–Trinajstić information content (AvgIpc) is 3.86. The van der Waals surface area contributed by atoms with Crippen molar-refractivity contribution in [3.8, 4) is 61.7 Å². The van der Waals surface area contributed by atoms with Crippen LogP contribution in [0.3, 0.4) is 0 Å². The number of para-hydroxylation sites is 2. The fourth-order valence-corrected chi connectivity index (χ4v) is 7.88. The second-order valence-electron chi connectivity index (χ2n) is 13.2.